The summed E-state index contributed by atoms with van der Waals surface area (Å²) in [6.07, 6.45) is 2.55. The standard InChI is InChI=1S/C18H27N3O2/c1-2-23-17-6-4-3-5-16(17)21-11-9-20(10-12-21)14-18(22)19-13-15-7-8-15/h3-6,15H,2,7-14H2,1H3,(H,19,22). The molecule has 1 aromatic carbocycles. The minimum absolute atomic E-state index is 0.167. The Morgan fingerprint density at radius 1 is 1.22 bits per heavy atom. The molecule has 5 nitrogen and oxygen atoms in total. The summed E-state index contributed by atoms with van der Waals surface area (Å²) >= 11 is 0. The quantitative estimate of drug-likeness (QED) is 0.832. The van der Waals surface area contributed by atoms with Crippen LogP contribution in [0.3, 0.4) is 0 Å². The van der Waals surface area contributed by atoms with E-state index in [4.69, 9.17) is 4.74 Å². The van der Waals surface area contributed by atoms with E-state index in [-0.39, 0.29) is 5.91 Å². The fourth-order valence-corrected chi connectivity index (χ4v) is 2.98. The number of anilines is 1. The molecule has 126 valence electrons. The van der Waals surface area contributed by atoms with Crippen molar-refractivity contribution in [2.24, 2.45) is 5.92 Å². The van der Waals surface area contributed by atoms with E-state index in [1.807, 2.05) is 19.1 Å². The summed E-state index contributed by atoms with van der Waals surface area (Å²) < 4.78 is 5.72. The predicted molar refractivity (Wildman–Crippen MR) is 92.0 cm³/mol. The molecule has 2 fully saturated rings. The number of nitrogens with one attached hydrogen (secondary N) is 1. The highest BCUT2D eigenvalue weighted by molar-refractivity contribution is 5.78. The Bertz CT molecular complexity index is 523. The van der Waals surface area contributed by atoms with Crippen LogP contribution in [0.25, 0.3) is 0 Å². The number of rotatable bonds is 7. The monoisotopic (exact) mass is 317 g/mol. The molecule has 1 saturated carbocycles. The first-order valence-corrected chi connectivity index (χ1v) is 8.72. The zero-order valence-corrected chi connectivity index (χ0v) is 14.0. The number of para-hydroxylation sites is 2. The first-order chi connectivity index (χ1) is 11.3. The number of ether oxygens (including phenoxy) is 1. The Morgan fingerprint density at radius 3 is 2.65 bits per heavy atom. The summed E-state index contributed by atoms with van der Waals surface area (Å²) in [4.78, 5) is 16.5. The highest BCUT2D eigenvalue weighted by Crippen LogP contribution is 2.29. The van der Waals surface area contributed by atoms with E-state index in [9.17, 15) is 4.79 Å². The normalized spacial score (nSPS) is 18.7. The maximum atomic E-state index is 11.9. The number of amides is 1. The molecule has 1 saturated heterocycles. The van der Waals surface area contributed by atoms with Gasteiger partial charge in [-0.05, 0) is 37.8 Å². The maximum absolute atomic E-state index is 11.9. The van der Waals surface area contributed by atoms with Crippen molar-refractivity contribution >= 4 is 11.6 Å². The van der Waals surface area contributed by atoms with Gasteiger partial charge < -0.3 is 15.0 Å². The van der Waals surface area contributed by atoms with Gasteiger partial charge in [-0.2, -0.15) is 0 Å². The van der Waals surface area contributed by atoms with Gasteiger partial charge in [0.15, 0.2) is 0 Å². The van der Waals surface area contributed by atoms with Crippen molar-refractivity contribution in [1.82, 2.24) is 10.2 Å². The average molecular weight is 317 g/mol. The minimum atomic E-state index is 0.167. The molecule has 5 heteroatoms. The van der Waals surface area contributed by atoms with Crippen molar-refractivity contribution < 1.29 is 9.53 Å². The first kappa shape index (κ1) is 16.1. The SMILES string of the molecule is CCOc1ccccc1N1CCN(CC(=O)NCC2CC2)CC1. The van der Waals surface area contributed by atoms with Gasteiger partial charge in [0.05, 0.1) is 18.8 Å². The van der Waals surface area contributed by atoms with Crippen LogP contribution in [0.1, 0.15) is 19.8 Å². The molecule has 0 spiro atoms. The summed E-state index contributed by atoms with van der Waals surface area (Å²) in [6.45, 7) is 7.76. The zero-order chi connectivity index (χ0) is 16.1. The van der Waals surface area contributed by atoms with Crippen molar-refractivity contribution in [3.05, 3.63) is 24.3 Å². The Morgan fingerprint density at radius 2 is 1.96 bits per heavy atom. The molecule has 0 radical (unpaired) electrons. The molecular weight excluding hydrogens is 290 g/mol. The van der Waals surface area contributed by atoms with Crippen LogP contribution in [0.4, 0.5) is 5.69 Å². The number of piperazine rings is 1. The molecule has 1 aliphatic carbocycles. The van der Waals surface area contributed by atoms with Crippen LogP contribution in [0.2, 0.25) is 0 Å². The number of nitrogens with zero attached hydrogens (tertiary/aromatic N) is 2. The Kier molecular flexibility index (Phi) is 5.39. The van der Waals surface area contributed by atoms with Gasteiger partial charge in [0.2, 0.25) is 5.91 Å². The van der Waals surface area contributed by atoms with Gasteiger partial charge in [-0.3, -0.25) is 9.69 Å². The Labute approximate surface area is 138 Å². The summed E-state index contributed by atoms with van der Waals surface area (Å²) in [5.41, 5.74) is 1.16. The minimum Gasteiger partial charge on any atom is -0.492 e. The first-order valence-electron chi connectivity index (χ1n) is 8.72. The van der Waals surface area contributed by atoms with E-state index in [0.717, 1.165) is 50.1 Å². The largest absolute Gasteiger partial charge is 0.492 e. The summed E-state index contributed by atoms with van der Waals surface area (Å²) in [5, 5.41) is 3.05. The highest BCUT2D eigenvalue weighted by Gasteiger charge is 2.23. The molecule has 0 aromatic heterocycles. The van der Waals surface area contributed by atoms with E-state index in [0.29, 0.717) is 13.2 Å². The zero-order valence-electron chi connectivity index (χ0n) is 14.0. The summed E-state index contributed by atoms with van der Waals surface area (Å²) in [5.74, 6) is 1.86. The molecule has 0 bridgehead atoms. The molecule has 1 heterocycles. The molecule has 23 heavy (non-hydrogen) atoms. The van der Waals surface area contributed by atoms with Gasteiger partial charge >= 0.3 is 0 Å². The second-order valence-electron chi connectivity index (χ2n) is 6.41. The predicted octanol–water partition coefficient (Wildman–Crippen LogP) is 1.73. The molecule has 1 amide bonds. The van der Waals surface area contributed by atoms with Crippen molar-refractivity contribution in [2.45, 2.75) is 19.8 Å². The number of hydrogen-bond acceptors (Lipinski definition) is 4. The van der Waals surface area contributed by atoms with Crippen LogP contribution in [-0.4, -0.2) is 56.7 Å². The van der Waals surface area contributed by atoms with Gasteiger partial charge in [-0.15, -0.1) is 0 Å². The molecule has 0 atom stereocenters. The fourth-order valence-electron chi connectivity index (χ4n) is 2.98. The van der Waals surface area contributed by atoms with Crippen molar-refractivity contribution in [3.63, 3.8) is 0 Å². The van der Waals surface area contributed by atoms with E-state index in [1.54, 1.807) is 0 Å². The molecule has 2 aliphatic rings. The van der Waals surface area contributed by atoms with E-state index in [1.165, 1.54) is 12.8 Å². The third-order valence-electron chi connectivity index (χ3n) is 4.53. The third kappa shape index (κ3) is 4.61. The van der Waals surface area contributed by atoms with E-state index < -0.39 is 0 Å². The lowest BCUT2D eigenvalue weighted by Crippen LogP contribution is -2.49. The van der Waals surface area contributed by atoms with Crippen LogP contribution >= 0.6 is 0 Å². The Hall–Kier alpha value is -1.75. The van der Waals surface area contributed by atoms with Crippen LogP contribution in [0, 0.1) is 5.92 Å². The lowest BCUT2D eigenvalue weighted by Gasteiger charge is -2.36. The molecular formula is C18H27N3O2. The second-order valence-corrected chi connectivity index (χ2v) is 6.41. The topological polar surface area (TPSA) is 44.8 Å². The van der Waals surface area contributed by atoms with E-state index in [2.05, 4.69) is 27.2 Å². The molecule has 1 aliphatic heterocycles. The number of hydrogen-bond donors (Lipinski definition) is 1. The molecule has 3 rings (SSSR count). The van der Waals surface area contributed by atoms with Gasteiger partial charge in [0.1, 0.15) is 5.75 Å². The van der Waals surface area contributed by atoms with Crippen molar-refractivity contribution in [2.75, 3.05) is 50.8 Å². The van der Waals surface area contributed by atoms with Gasteiger partial charge in [0, 0.05) is 32.7 Å². The van der Waals surface area contributed by atoms with Gasteiger partial charge in [-0.25, -0.2) is 0 Å². The molecule has 0 unspecified atom stereocenters. The van der Waals surface area contributed by atoms with Crippen LogP contribution in [0.5, 0.6) is 5.75 Å². The third-order valence-corrected chi connectivity index (χ3v) is 4.53. The number of benzene rings is 1. The number of carbonyl (C=O) groups excluding carboxylic acids is 1. The fraction of sp³-hybridized carbons (Fsp3) is 0.611. The lowest BCUT2D eigenvalue weighted by atomic mass is 10.2. The Balaban J connectivity index is 1.47. The maximum Gasteiger partial charge on any atom is 0.234 e. The van der Waals surface area contributed by atoms with Gasteiger partial charge in [-0.1, -0.05) is 12.1 Å². The summed E-state index contributed by atoms with van der Waals surface area (Å²) in [7, 11) is 0. The van der Waals surface area contributed by atoms with Crippen LogP contribution in [0.15, 0.2) is 24.3 Å². The van der Waals surface area contributed by atoms with E-state index >= 15 is 0 Å². The van der Waals surface area contributed by atoms with Crippen molar-refractivity contribution in [3.8, 4) is 5.75 Å². The van der Waals surface area contributed by atoms with Crippen molar-refractivity contribution in [1.29, 1.82) is 0 Å². The molecule has 1 aromatic rings. The lowest BCUT2D eigenvalue weighted by molar-refractivity contribution is -0.122. The highest BCUT2D eigenvalue weighted by atomic mass is 16.5. The summed E-state index contributed by atoms with van der Waals surface area (Å²) in [6, 6.07) is 8.20. The average Bonchev–Trinajstić information content (AvgIpc) is 3.39. The second kappa shape index (κ2) is 7.68. The van der Waals surface area contributed by atoms with Crippen LogP contribution < -0.4 is 15.0 Å². The number of carbonyl (C=O) groups is 1. The van der Waals surface area contributed by atoms with Gasteiger partial charge in [0.25, 0.3) is 0 Å². The smallest absolute Gasteiger partial charge is 0.234 e. The molecule has 1 N–H and O–H groups in total. The van der Waals surface area contributed by atoms with Crippen LogP contribution in [-0.2, 0) is 4.79 Å².